The van der Waals surface area contributed by atoms with Crippen LogP contribution < -0.4 is 0 Å². The molecule has 2 aromatic rings. The lowest BCUT2D eigenvalue weighted by Gasteiger charge is -2.16. The highest BCUT2D eigenvalue weighted by atomic mass is 16.4. The summed E-state index contributed by atoms with van der Waals surface area (Å²) < 4.78 is 1.64. The molecule has 0 saturated carbocycles. The molecule has 7 heteroatoms. The average Bonchev–Trinajstić information content (AvgIpc) is 3.17. The van der Waals surface area contributed by atoms with Crippen LogP contribution in [-0.4, -0.2) is 49.7 Å². The summed E-state index contributed by atoms with van der Waals surface area (Å²) in [6, 6.07) is 5.36. The number of hydrogen-bond donors (Lipinski definition) is 1. The molecule has 7 nitrogen and oxygen atoms in total. The fraction of sp³-hybridized carbons (Fsp3) is 0.333. The van der Waals surface area contributed by atoms with Gasteiger partial charge in [-0.1, -0.05) is 0 Å². The number of nitrogens with zero attached hydrogens (tertiary/aromatic N) is 4. The third kappa shape index (κ3) is 2.57. The molecule has 1 amide bonds. The van der Waals surface area contributed by atoms with Gasteiger partial charge in [-0.3, -0.25) is 9.59 Å². The molecule has 2 heterocycles. The SMILES string of the molecule is Cc1cc(C(=O)N2CCC(C(=O)O)C2)ccc1-n1cncn1. The Morgan fingerprint density at radius 2 is 2.18 bits per heavy atom. The molecule has 114 valence electrons. The summed E-state index contributed by atoms with van der Waals surface area (Å²) in [6.45, 7) is 2.66. The molecule has 1 aliphatic heterocycles. The third-order valence-electron chi connectivity index (χ3n) is 3.93. The molecule has 0 bridgehead atoms. The molecule has 1 aromatic heterocycles. The first kappa shape index (κ1) is 14.2. The van der Waals surface area contributed by atoms with Crippen LogP contribution in [0.1, 0.15) is 22.3 Å². The summed E-state index contributed by atoms with van der Waals surface area (Å²) in [5.41, 5.74) is 2.33. The number of aliphatic carboxylic acids is 1. The van der Waals surface area contributed by atoms with Gasteiger partial charge in [-0.2, -0.15) is 5.10 Å². The number of hydrogen-bond acceptors (Lipinski definition) is 4. The largest absolute Gasteiger partial charge is 0.481 e. The van der Waals surface area contributed by atoms with Gasteiger partial charge >= 0.3 is 5.97 Å². The van der Waals surface area contributed by atoms with Crippen molar-refractivity contribution in [1.29, 1.82) is 0 Å². The average molecular weight is 300 g/mol. The van der Waals surface area contributed by atoms with Crippen molar-refractivity contribution in [1.82, 2.24) is 19.7 Å². The number of aryl methyl sites for hydroxylation is 1. The molecule has 1 saturated heterocycles. The van der Waals surface area contributed by atoms with Gasteiger partial charge in [-0.05, 0) is 37.1 Å². The van der Waals surface area contributed by atoms with Gasteiger partial charge in [-0.25, -0.2) is 9.67 Å². The van der Waals surface area contributed by atoms with E-state index < -0.39 is 11.9 Å². The monoisotopic (exact) mass is 300 g/mol. The van der Waals surface area contributed by atoms with Crippen molar-refractivity contribution in [2.75, 3.05) is 13.1 Å². The van der Waals surface area contributed by atoms with Gasteiger partial charge in [0.05, 0.1) is 11.6 Å². The number of carbonyl (C=O) groups excluding carboxylic acids is 1. The van der Waals surface area contributed by atoms with Crippen molar-refractivity contribution in [2.24, 2.45) is 5.92 Å². The summed E-state index contributed by atoms with van der Waals surface area (Å²) in [5, 5.41) is 13.1. The van der Waals surface area contributed by atoms with Crippen molar-refractivity contribution in [3.05, 3.63) is 42.0 Å². The van der Waals surface area contributed by atoms with Crippen LogP contribution in [-0.2, 0) is 4.79 Å². The smallest absolute Gasteiger partial charge is 0.308 e. The van der Waals surface area contributed by atoms with E-state index in [0.717, 1.165) is 11.3 Å². The van der Waals surface area contributed by atoms with E-state index in [0.29, 0.717) is 18.5 Å². The van der Waals surface area contributed by atoms with E-state index in [-0.39, 0.29) is 12.5 Å². The Morgan fingerprint density at radius 1 is 1.36 bits per heavy atom. The van der Waals surface area contributed by atoms with Crippen LogP contribution in [0, 0.1) is 12.8 Å². The minimum absolute atomic E-state index is 0.128. The van der Waals surface area contributed by atoms with Crippen molar-refractivity contribution >= 4 is 11.9 Å². The Labute approximate surface area is 127 Å². The second-order valence-electron chi connectivity index (χ2n) is 5.42. The van der Waals surface area contributed by atoms with Gasteiger partial charge in [0.1, 0.15) is 12.7 Å². The molecule has 0 radical (unpaired) electrons. The van der Waals surface area contributed by atoms with E-state index in [1.165, 1.54) is 6.33 Å². The molecule has 1 atom stereocenters. The van der Waals surface area contributed by atoms with Crippen molar-refractivity contribution < 1.29 is 14.7 Å². The van der Waals surface area contributed by atoms with Crippen LogP contribution in [0.5, 0.6) is 0 Å². The Hall–Kier alpha value is -2.70. The first-order chi connectivity index (χ1) is 10.6. The summed E-state index contributed by atoms with van der Waals surface area (Å²) in [6.07, 6.45) is 3.56. The summed E-state index contributed by atoms with van der Waals surface area (Å²) >= 11 is 0. The quantitative estimate of drug-likeness (QED) is 0.917. The number of likely N-dealkylation sites (tertiary alicyclic amines) is 1. The van der Waals surface area contributed by atoms with Crippen molar-refractivity contribution in [3.63, 3.8) is 0 Å². The van der Waals surface area contributed by atoms with Crippen LogP contribution in [0.25, 0.3) is 5.69 Å². The predicted molar refractivity (Wildman–Crippen MR) is 77.7 cm³/mol. The third-order valence-corrected chi connectivity index (χ3v) is 3.93. The second-order valence-corrected chi connectivity index (χ2v) is 5.42. The lowest BCUT2D eigenvalue weighted by molar-refractivity contribution is -0.141. The molecule has 1 N–H and O–H groups in total. The normalized spacial score (nSPS) is 17.7. The van der Waals surface area contributed by atoms with E-state index in [9.17, 15) is 9.59 Å². The van der Waals surface area contributed by atoms with E-state index in [4.69, 9.17) is 5.11 Å². The summed E-state index contributed by atoms with van der Waals surface area (Å²) in [7, 11) is 0. The minimum Gasteiger partial charge on any atom is -0.481 e. The number of carboxylic acids is 1. The number of benzene rings is 1. The van der Waals surface area contributed by atoms with Crippen molar-refractivity contribution in [2.45, 2.75) is 13.3 Å². The van der Waals surface area contributed by atoms with Gasteiger partial charge < -0.3 is 10.0 Å². The molecule has 22 heavy (non-hydrogen) atoms. The van der Waals surface area contributed by atoms with Gasteiger partial charge in [0, 0.05) is 18.7 Å². The summed E-state index contributed by atoms with van der Waals surface area (Å²) in [4.78, 5) is 29.0. The highest BCUT2D eigenvalue weighted by molar-refractivity contribution is 5.95. The highest BCUT2D eigenvalue weighted by Gasteiger charge is 2.31. The zero-order valence-electron chi connectivity index (χ0n) is 12.1. The van der Waals surface area contributed by atoms with Crippen LogP contribution in [0.3, 0.4) is 0 Å². The highest BCUT2D eigenvalue weighted by Crippen LogP contribution is 2.21. The van der Waals surface area contributed by atoms with Gasteiger partial charge in [-0.15, -0.1) is 0 Å². The van der Waals surface area contributed by atoms with E-state index in [1.54, 1.807) is 28.0 Å². The maximum atomic E-state index is 12.5. The van der Waals surface area contributed by atoms with Crippen LogP contribution in [0.4, 0.5) is 0 Å². The first-order valence-electron chi connectivity index (χ1n) is 7.04. The molecule has 0 aliphatic carbocycles. The van der Waals surface area contributed by atoms with Gasteiger partial charge in [0.25, 0.3) is 5.91 Å². The van der Waals surface area contributed by atoms with Crippen LogP contribution >= 0.6 is 0 Å². The fourth-order valence-corrected chi connectivity index (χ4v) is 2.71. The minimum atomic E-state index is -0.840. The molecule has 1 aliphatic rings. The Morgan fingerprint density at radius 3 is 2.77 bits per heavy atom. The predicted octanol–water partition coefficient (Wildman–Crippen LogP) is 1.12. The maximum Gasteiger partial charge on any atom is 0.308 e. The Kier molecular flexibility index (Phi) is 3.62. The summed E-state index contributed by atoms with van der Waals surface area (Å²) in [5.74, 6) is -1.43. The maximum absolute atomic E-state index is 12.5. The van der Waals surface area contributed by atoms with E-state index in [1.807, 2.05) is 13.0 Å². The number of carbonyl (C=O) groups is 2. The molecule has 0 spiro atoms. The molecule has 3 rings (SSSR count). The lowest BCUT2D eigenvalue weighted by atomic mass is 10.1. The Balaban J connectivity index is 1.80. The lowest BCUT2D eigenvalue weighted by Crippen LogP contribution is -2.30. The molecular weight excluding hydrogens is 284 g/mol. The molecular formula is C15H16N4O3. The number of carboxylic acid groups (broad SMARTS) is 1. The van der Waals surface area contributed by atoms with Crippen LogP contribution in [0.15, 0.2) is 30.9 Å². The molecule has 1 aromatic carbocycles. The standard InChI is InChI=1S/C15H16N4O3/c1-10-6-11(2-3-13(10)19-9-16-8-17-19)14(20)18-5-4-12(7-18)15(21)22/h2-3,6,8-9,12H,4-5,7H2,1H3,(H,21,22). The number of rotatable bonds is 3. The van der Waals surface area contributed by atoms with Gasteiger partial charge in [0.2, 0.25) is 0 Å². The molecule has 1 unspecified atom stereocenters. The van der Waals surface area contributed by atoms with E-state index in [2.05, 4.69) is 10.1 Å². The zero-order valence-corrected chi connectivity index (χ0v) is 12.1. The van der Waals surface area contributed by atoms with E-state index >= 15 is 0 Å². The first-order valence-corrected chi connectivity index (χ1v) is 7.04. The second kappa shape index (κ2) is 5.59. The number of amides is 1. The van der Waals surface area contributed by atoms with Crippen molar-refractivity contribution in [3.8, 4) is 5.69 Å². The fourth-order valence-electron chi connectivity index (χ4n) is 2.71. The topological polar surface area (TPSA) is 88.3 Å². The number of aromatic nitrogens is 3. The van der Waals surface area contributed by atoms with Crippen LogP contribution in [0.2, 0.25) is 0 Å². The van der Waals surface area contributed by atoms with Gasteiger partial charge in [0.15, 0.2) is 0 Å². The molecule has 1 fully saturated rings. The Bertz CT molecular complexity index is 712. The zero-order chi connectivity index (χ0) is 15.7.